The molecule has 0 fully saturated rings. The van der Waals surface area contributed by atoms with Crippen LogP contribution in [-0.4, -0.2) is 13.2 Å². The zero-order valence-electron chi connectivity index (χ0n) is 11.0. The van der Waals surface area contributed by atoms with Gasteiger partial charge in [0.25, 0.3) is 0 Å². The zero-order valence-corrected chi connectivity index (χ0v) is 11.0. The van der Waals surface area contributed by atoms with Crippen LogP contribution in [0.4, 0.5) is 11.4 Å². The highest BCUT2D eigenvalue weighted by atomic mass is 16.5. The van der Waals surface area contributed by atoms with E-state index in [2.05, 4.69) is 12.1 Å². The van der Waals surface area contributed by atoms with E-state index < -0.39 is 0 Å². The molecule has 0 unspecified atom stereocenters. The van der Waals surface area contributed by atoms with E-state index in [1.54, 1.807) is 0 Å². The molecule has 0 heterocycles. The third kappa shape index (κ3) is 4.64. The molecule has 0 amide bonds. The molecule has 0 aromatic heterocycles. The number of nitrogens with two attached hydrogens (primary N) is 2. The minimum atomic E-state index is 0.714. The normalized spacial score (nSPS) is 10.5. The van der Waals surface area contributed by atoms with Gasteiger partial charge in [-0.1, -0.05) is 24.3 Å². The van der Waals surface area contributed by atoms with Crippen LogP contribution in [-0.2, 0) is 17.6 Å². The summed E-state index contributed by atoms with van der Waals surface area (Å²) in [6.45, 7) is 1.43. The monoisotopic (exact) mass is 256 g/mol. The van der Waals surface area contributed by atoms with Crippen LogP contribution in [0.5, 0.6) is 0 Å². The summed E-state index contributed by atoms with van der Waals surface area (Å²) in [5.41, 5.74) is 15.5. The fourth-order valence-corrected chi connectivity index (χ4v) is 1.98. The van der Waals surface area contributed by atoms with Gasteiger partial charge in [-0.25, -0.2) is 0 Å². The molecule has 0 atom stereocenters. The van der Waals surface area contributed by atoms with Crippen LogP contribution in [0.3, 0.4) is 0 Å². The van der Waals surface area contributed by atoms with Gasteiger partial charge in [-0.3, -0.25) is 0 Å². The average Bonchev–Trinajstić information content (AvgIpc) is 2.38. The first-order valence-electron chi connectivity index (χ1n) is 6.50. The summed E-state index contributed by atoms with van der Waals surface area (Å²) in [6, 6.07) is 15.8. The first-order valence-corrected chi connectivity index (χ1v) is 6.50. The summed E-state index contributed by atoms with van der Waals surface area (Å²) < 4.78 is 5.64. The van der Waals surface area contributed by atoms with E-state index in [9.17, 15) is 0 Å². The van der Waals surface area contributed by atoms with Gasteiger partial charge < -0.3 is 16.2 Å². The second kappa shape index (κ2) is 6.81. The van der Waals surface area contributed by atoms with Crippen molar-refractivity contribution < 1.29 is 4.74 Å². The van der Waals surface area contributed by atoms with Crippen molar-refractivity contribution in [3.8, 4) is 0 Å². The molecule has 2 aromatic carbocycles. The minimum Gasteiger partial charge on any atom is -0.399 e. The second-order valence-corrected chi connectivity index (χ2v) is 4.60. The molecule has 2 rings (SSSR count). The maximum Gasteiger partial charge on any atom is 0.0506 e. The molecule has 2 aromatic rings. The Morgan fingerprint density at radius 1 is 0.737 bits per heavy atom. The average molecular weight is 256 g/mol. The Labute approximate surface area is 114 Å². The van der Waals surface area contributed by atoms with Crippen LogP contribution in [0.2, 0.25) is 0 Å². The standard InChI is InChI=1S/C16H20N2O/c17-15-5-1-3-13(11-15)7-9-19-10-8-14-4-2-6-16(18)12-14/h1-6,11-12H,7-10,17-18H2. The number of hydrogen-bond acceptors (Lipinski definition) is 3. The van der Waals surface area contributed by atoms with Crippen molar-refractivity contribution in [2.45, 2.75) is 12.8 Å². The lowest BCUT2D eigenvalue weighted by Crippen LogP contribution is -2.03. The van der Waals surface area contributed by atoms with Gasteiger partial charge in [0.15, 0.2) is 0 Å². The van der Waals surface area contributed by atoms with E-state index in [-0.39, 0.29) is 0 Å². The Kier molecular flexibility index (Phi) is 4.81. The van der Waals surface area contributed by atoms with Crippen molar-refractivity contribution in [3.63, 3.8) is 0 Å². The Bertz CT molecular complexity index is 478. The summed E-state index contributed by atoms with van der Waals surface area (Å²) in [4.78, 5) is 0. The molecule has 4 N–H and O–H groups in total. The van der Waals surface area contributed by atoms with Crippen molar-refractivity contribution in [3.05, 3.63) is 59.7 Å². The quantitative estimate of drug-likeness (QED) is 0.617. The van der Waals surface area contributed by atoms with Gasteiger partial charge in [0.05, 0.1) is 13.2 Å². The number of hydrogen-bond donors (Lipinski definition) is 2. The smallest absolute Gasteiger partial charge is 0.0506 e. The van der Waals surface area contributed by atoms with Crippen LogP contribution >= 0.6 is 0 Å². The molecule has 100 valence electrons. The van der Waals surface area contributed by atoms with Crippen molar-refractivity contribution in [1.29, 1.82) is 0 Å². The summed E-state index contributed by atoms with van der Waals surface area (Å²) >= 11 is 0. The Hall–Kier alpha value is -2.00. The van der Waals surface area contributed by atoms with E-state index in [1.807, 2.05) is 36.4 Å². The van der Waals surface area contributed by atoms with Crippen molar-refractivity contribution >= 4 is 11.4 Å². The summed E-state index contributed by atoms with van der Waals surface area (Å²) in [5.74, 6) is 0. The summed E-state index contributed by atoms with van der Waals surface area (Å²) in [6.07, 6.45) is 1.78. The Morgan fingerprint density at radius 3 is 1.63 bits per heavy atom. The van der Waals surface area contributed by atoms with E-state index in [1.165, 1.54) is 11.1 Å². The van der Waals surface area contributed by atoms with Crippen LogP contribution in [0.1, 0.15) is 11.1 Å². The maximum absolute atomic E-state index is 5.73. The van der Waals surface area contributed by atoms with E-state index in [4.69, 9.17) is 16.2 Å². The Balaban J connectivity index is 1.67. The van der Waals surface area contributed by atoms with E-state index in [0.717, 1.165) is 24.2 Å². The number of benzene rings is 2. The highest BCUT2D eigenvalue weighted by Gasteiger charge is 1.96. The molecule has 0 saturated heterocycles. The molecule has 3 heteroatoms. The molecule has 0 aliphatic rings. The molecule has 0 radical (unpaired) electrons. The zero-order chi connectivity index (χ0) is 13.5. The van der Waals surface area contributed by atoms with Gasteiger partial charge in [0.1, 0.15) is 0 Å². The van der Waals surface area contributed by atoms with Crippen molar-refractivity contribution in [2.75, 3.05) is 24.7 Å². The topological polar surface area (TPSA) is 61.3 Å². The lowest BCUT2D eigenvalue weighted by molar-refractivity contribution is 0.140. The number of nitrogen functional groups attached to an aromatic ring is 2. The highest BCUT2D eigenvalue weighted by molar-refractivity contribution is 5.41. The molecule has 19 heavy (non-hydrogen) atoms. The van der Waals surface area contributed by atoms with Gasteiger partial charge >= 0.3 is 0 Å². The molecule has 0 spiro atoms. The van der Waals surface area contributed by atoms with Gasteiger partial charge in [-0.15, -0.1) is 0 Å². The van der Waals surface area contributed by atoms with Crippen LogP contribution in [0.15, 0.2) is 48.5 Å². The Morgan fingerprint density at radius 2 is 1.21 bits per heavy atom. The maximum atomic E-state index is 5.73. The number of rotatable bonds is 6. The summed E-state index contributed by atoms with van der Waals surface area (Å²) in [7, 11) is 0. The fraction of sp³-hybridized carbons (Fsp3) is 0.250. The second-order valence-electron chi connectivity index (χ2n) is 4.60. The van der Waals surface area contributed by atoms with Gasteiger partial charge in [0, 0.05) is 11.4 Å². The third-order valence-corrected chi connectivity index (χ3v) is 2.97. The van der Waals surface area contributed by atoms with Crippen LogP contribution < -0.4 is 11.5 Å². The lowest BCUT2D eigenvalue weighted by Gasteiger charge is -2.06. The molecule has 0 aliphatic heterocycles. The van der Waals surface area contributed by atoms with Gasteiger partial charge in [-0.05, 0) is 48.2 Å². The van der Waals surface area contributed by atoms with Crippen LogP contribution in [0, 0.1) is 0 Å². The minimum absolute atomic E-state index is 0.714. The summed E-state index contributed by atoms with van der Waals surface area (Å²) in [5, 5.41) is 0. The number of anilines is 2. The van der Waals surface area contributed by atoms with Gasteiger partial charge in [-0.2, -0.15) is 0 Å². The van der Waals surface area contributed by atoms with Crippen molar-refractivity contribution in [2.24, 2.45) is 0 Å². The molecular formula is C16H20N2O. The molecule has 0 saturated carbocycles. The lowest BCUT2D eigenvalue weighted by atomic mass is 10.1. The first-order chi connectivity index (χ1) is 9.24. The largest absolute Gasteiger partial charge is 0.399 e. The third-order valence-electron chi connectivity index (χ3n) is 2.97. The first kappa shape index (κ1) is 13.4. The van der Waals surface area contributed by atoms with E-state index in [0.29, 0.717) is 13.2 Å². The molecule has 3 nitrogen and oxygen atoms in total. The van der Waals surface area contributed by atoms with Crippen LogP contribution in [0.25, 0.3) is 0 Å². The molecule has 0 aliphatic carbocycles. The highest BCUT2D eigenvalue weighted by Crippen LogP contribution is 2.09. The van der Waals surface area contributed by atoms with Crippen molar-refractivity contribution in [1.82, 2.24) is 0 Å². The molecular weight excluding hydrogens is 236 g/mol. The predicted molar refractivity (Wildman–Crippen MR) is 79.9 cm³/mol. The number of ether oxygens (including phenoxy) is 1. The van der Waals surface area contributed by atoms with E-state index >= 15 is 0 Å². The van der Waals surface area contributed by atoms with Gasteiger partial charge in [0.2, 0.25) is 0 Å². The SMILES string of the molecule is Nc1cccc(CCOCCc2cccc(N)c2)c1. The predicted octanol–water partition coefficient (Wildman–Crippen LogP) is 2.65. The molecule has 0 bridgehead atoms. The fourth-order valence-electron chi connectivity index (χ4n) is 1.98.